The van der Waals surface area contributed by atoms with Crippen molar-refractivity contribution in [2.75, 3.05) is 11.9 Å². The van der Waals surface area contributed by atoms with Gasteiger partial charge in [-0.05, 0) is 41.1 Å². The summed E-state index contributed by atoms with van der Waals surface area (Å²) in [7, 11) is 0. The molecule has 0 aliphatic carbocycles. The van der Waals surface area contributed by atoms with Gasteiger partial charge in [-0.15, -0.1) is 0 Å². The number of alkyl halides is 3. The van der Waals surface area contributed by atoms with E-state index in [0.717, 1.165) is 0 Å². The molecule has 0 bridgehead atoms. The van der Waals surface area contributed by atoms with Crippen LogP contribution < -0.4 is 10.6 Å². The molecule has 0 saturated carbocycles. The summed E-state index contributed by atoms with van der Waals surface area (Å²) in [6.07, 6.45) is -4.42. The summed E-state index contributed by atoms with van der Waals surface area (Å²) in [5.74, 6) is -0.737. The molecule has 3 nitrogen and oxygen atoms in total. The third-order valence-electron chi connectivity index (χ3n) is 2.16. The minimum atomic E-state index is -4.42. The lowest BCUT2D eigenvalue weighted by atomic mass is 10.2. The number of amides is 1. The quantitative estimate of drug-likeness (QED) is 0.863. The second kappa shape index (κ2) is 6.47. The number of anilines is 1. The van der Waals surface area contributed by atoms with Gasteiger partial charge >= 0.3 is 6.18 Å². The summed E-state index contributed by atoms with van der Waals surface area (Å²) >= 11 is 8.99. The first-order valence-electron chi connectivity index (χ1n) is 5.25. The summed E-state index contributed by atoms with van der Waals surface area (Å²) in [5, 5.41) is 5.10. The Morgan fingerprint density at radius 1 is 1.47 bits per heavy atom. The standard InChI is InChI=1S/C11H11BrClF3N2O/c1-6(10(19)17-5-11(14,15)16)18-9-3-2-7(13)4-8(9)12/h2-4,6,18H,5H2,1H3,(H,17,19). The zero-order valence-corrected chi connectivity index (χ0v) is 12.2. The third-order valence-corrected chi connectivity index (χ3v) is 3.05. The van der Waals surface area contributed by atoms with Gasteiger partial charge in [0.25, 0.3) is 0 Å². The first kappa shape index (κ1) is 16.1. The van der Waals surface area contributed by atoms with Gasteiger partial charge in [0.1, 0.15) is 12.6 Å². The zero-order chi connectivity index (χ0) is 14.6. The lowest BCUT2D eigenvalue weighted by Gasteiger charge is -2.17. The van der Waals surface area contributed by atoms with Crippen molar-refractivity contribution in [3.05, 3.63) is 27.7 Å². The van der Waals surface area contributed by atoms with Crippen molar-refractivity contribution >= 4 is 39.1 Å². The molecule has 8 heteroatoms. The van der Waals surface area contributed by atoms with Gasteiger partial charge in [0.15, 0.2) is 0 Å². The van der Waals surface area contributed by atoms with E-state index in [9.17, 15) is 18.0 Å². The maximum Gasteiger partial charge on any atom is 0.405 e. The minimum absolute atomic E-state index is 0.506. The predicted molar refractivity (Wildman–Crippen MR) is 71.3 cm³/mol. The fourth-order valence-electron chi connectivity index (χ4n) is 1.25. The van der Waals surface area contributed by atoms with E-state index in [2.05, 4.69) is 21.2 Å². The van der Waals surface area contributed by atoms with Crippen molar-refractivity contribution in [1.82, 2.24) is 5.32 Å². The summed E-state index contributed by atoms with van der Waals surface area (Å²) < 4.78 is 36.5. The highest BCUT2D eigenvalue weighted by molar-refractivity contribution is 9.10. The second-order valence-corrected chi connectivity index (χ2v) is 5.11. The maximum absolute atomic E-state index is 12.0. The average molecular weight is 360 g/mol. The van der Waals surface area contributed by atoms with Gasteiger partial charge < -0.3 is 10.6 Å². The van der Waals surface area contributed by atoms with Crippen LogP contribution in [0.15, 0.2) is 22.7 Å². The number of benzene rings is 1. The van der Waals surface area contributed by atoms with E-state index in [1.165, 1.54) is 6.92 Å². The van der Waals surface area contributed by atoms with Crippen molar-refractivity contribution in [2.24, 2.45) is 0 Å². The molecule has 0 spiro atoms. The van der Waals surface area contributed by atoms with E-state index < -0.39 is 24.7 Å². The summed E-state index contributed by atoms with van der Waals surface area (Å²) in [6.45, 7) is 0.117. The molecule has 0 aliphatic heterocycles. The van der Waals surface area contributed by atoms with Crippen LogP contribution in [0.1, 0.15) is 6.92 Å². The first-order chi connectivity index (χ1) is 8.69. The molecule has 1 atom stereocenters. The molecule has 0 saturated heterocycles. The molecular weight excluding hydrogens is 348 g/mol. The molecule has 2 N–H and O–H groups in total. The van der Waals surface area contributed by atoms with Crippen LogP contribution in [0, 0.1) is 0 Å². The van der Waals surface area contributed by atoms with Crippen molar-refractivity contribution in [3.8, 4) is 0 Å². The normalized spacial score (nSPS) is 12.9. The van der Waals surface area contributed by atoms with Crippen LogP contribution in [-0.2, 0) is 4.79 Å². The number of hydrogen-bond acceptors (Lipinski definition) is 2. The fraction of sp³-hybridized carbons (Fsp3) is 0.364. The Kier molecular flexibility index (Phi) is 5.49. The number of carbonyl (C=O) groups excluding carboxylic acids is 1. The third kappa shape index (κ3) is 5.69. The number of halogens is 5. The van der Waals surface area contributed by atoms with Crippen molar-refractivity contribution in [2.45, 2.75) is 19.1 Å². The highest BCUT2D eigenvalue weighted by atomic mass is 79.9. The Morgan fingerprint density at radius 3 is 2.63 bits per heavy atom. The second-order valence-electron chi connectivity index (χ2n) is 3.82. The lowest BCUT2D eigenvalue weighted by molar-refractivity contribution is -0.138. The molecule has 1 amide bonds. The summed E-state index contributed by atoms with van der Waals surface area (Å²) in [5.41, 5.74) is 0.569. The molecule has 1 rings (SSSR count). The van der Waals surface area contributed by atoms with Gasteiger partial charge in [-0.25, -0.2) is 0 Å². The molecule has 0 heterocycles. The highest BCUT2D eigenvalue weighted by Crippen LogP contribution is 2.26. The van der Waals surface area contributed by atoms with Crippen LogP contribution in [0.5, 0.6) is 0 Å². The first-order valence-corrected chi connectivity index (χ1v) is 6.42. The van der Waals surface area contributed by atoms with Crippen molar-refractivity contribution in [1.29, 1.82) is 0 Å². The van der Waals surface area contributed by atoms with E-state index in [0.29, 0.717) is 15.2 Å². The summed E-state index contributed by atoms with van der Waals surface area (Å²) in [4.78, 5) is 11.5. The van der Waals surface area contributed by atoms with Crippen LogP contribution in [0.25, 0.3) is 0 Å². The zero-order valence-electron chi connectivity index (χ0n) is 9.81. The Labute approximate surface area is 121 Å². The molecule has 106 valence electrons. The Bertz CT molecular complexity index is 468. The molecule has 19 heavy (non-hydrogen) atoms. The van der Waals surface area contributed by atoms with Crippen LogP contribution in [0.2, 0.25) is 5.02 Å². The molecule has 0 aromatic heterocycles. The average Bonchev–Trinajstić information content (AvgIpc) is 2.28. The molecule has 1 aromatic rings. The van der Waals surface area contributed by atoms with Crippen LogP contribution >= 0.6 is 27.5 Å². The van der Waals surface area contributed by atoms with Crippen LogP contribution in [0.4, 0.5) is 18.9 Å². The van der Waals surface area contributed by atoms with E-state index in [1.54, 1.807) is 23.5 Å². The highest BCUT2D eigenvalue weighted by Gasteiger charge is 2.28. The topological polar surface area (TPSA) is 41.1 Å². The lowest BCUT2D eigenvalue weighted by Crippen LogP contribution is -2.42. The van der Waals surface area contributed by atoms with E-state index in [1.807, 2.05) is 0 Å². The molecule has 0 radical (unpaired) electrons. The number of hydrogen-bond donors (Lipinski definition) is 2. The van der Waals surface area contributed by atoms with Gasteiger partial charge in [0.05, 0.1) is 0 Å². The number of rotatable bonds is 4. The van der Waals surface area contributed by atoms with Crippen LogP contribution in [0.3, 0.4) is 0 Å². The molecular formula is C11H11BrClF3N2O. The predicted octanol–water partition coefficient (Wildman–Crippen LogP) is 3.58. The number of nitrogens with one attached hydrogen (secondary N) is 2. The van der Waals surface area contributed by atoms with E-state index in [4.69, 9.17) is 11.6 Å². The van der Waals surface area contributed by atoms with Gasteiger partial charge in [-0.3, -0.25) is 4.79 Å². The van der Waals surface area contributed by atoms with Gasteiger partial charge in [-0.1, -0.05) is 11.6 Å². The van der Waals surface area contributed by atoms with Gasteiger partial charge in [0, 0.05) is 15.2 Å². The van der Waals surface area contributed by atoms with Crippen LogP contribution in [-0.4, -0.2) is 24.7 Å². The fourth-order valence-corrected chi connectivity index (χ4v) is 2.04. The van der Waals surface area contributed by atoms with Gasteiger partial charge in [-0.2, -0.15) is 13.2 Å². The SMILES string of the molecule is CC(Nc1ccc(Cl)cc1Br)C(=O)NCC(F)(F)F. The van der Waals surface area contributed by atoms with E-state index in [-0.39, 0.29) is 0 Å². The molecule has 0 aliphatic rings. The van der Waals surface area contributed by atoms with Crippen molar-refractivity contribution in [3.63, 3.8) is 0 Å². The minimum Gasteiger partial charge on any atom is -0.373 e. The van der Waals surface area contributed by atoms with E-state index >= 15 is 0 Å². The largest absolute Gasteiger partial charge is 0.405 e. The van der Waals surface area contributed by atoms with Gasteiger partial charge in [0.2, 0.25) is 5.91 Å². The number of carbonyl (C=O) groups is 1. The smallest absolute Gasteiger partial charge is 0.373 e. The molecule has 1 aromatic carbocycles. The molecule has 1 unspecified atom stereocenters. The Morgan fingerprint density at radius 2 is 2.11 bits per heavy atom. The monoisotopic (exact) mass is 358 g/mol. The maximum atomic E-state index is 12.0. The Balaban J connectivity index is 2.59. The summed E-state index contributed by atoms with van der Waals surface area (Å²) in [6, 6.07) is 4.04. The molecule has 0 fully saturated rings. The Hall–Kier alpha value is -0.950. The van der Waals surface area contributed by atoms with Crippen molar-refractivity contribution < 1.29 is 18.0 Å².